The van der Waals surface area contributed by atoms with Gasteiger partial charge in [0, 0.05) is 10.9 Å². The van der Waals surface area contributed by atoms with Crippen molar-refractivity contribution in [3.63, 3.8) is 0 Å². The summed E-state index contributed by atoms with van der Waals surface area (Å²) >= 11 is 0.595. The molecular weight excluding hydrogens is 373 g/mol. The average Bonchev–Trinajstić information content (AvgIpc) is 2.90. The summed E-state index contributed by atoms with van der Waals surface area (Å²) in [5.74, 6) is -4.03. The van der Waals surface area contributed by atoms with E-state index in [1.54, 1.807) is 0 Å². The molecule has 0 bridgehead atoms. The molecule has 2 rings (SSSR count). The van der Waals surface area contributed by atoms with Crippen LogP contribution in [-0.4, -0.2) is 29.8 Å². The fraction of sp³-hybridized carbons (Fsp3) is 0.143. The Labute approximate surface area is 140 Å². The molecule has 25 heavy (non-hydrogen) atoms. The number of halogens is 5. The van der Waals surface area contributed by atoms with Gasteiger partial charge >= 0.3 is 24.7 Å². The second-order valence-electron chi connectivity index (χ2n) is 4.51. The zero-order valence-corrected chi connectivity index (χ0v) is 12.8. The van der Waals surface area contributed by atoms with Gasteiger partial charge in [0.25, 0.3) is 0 Å². The Hall–Kier alpha value is -2.69. The minimum absolute atomic E-state index is 0.0265. The lowest BCUT2D eigenvalue weighted by atomic mass is 10.0. The largest absolute Gasteiger partial charge is 0.478 e. The van der Waals surface area contributed by atoms with Crippen LogP contribution in [0.2, 0.25) is 0 Å². The summed E-state index contributed by atoms with van der Waals surface area (Å²) in [7, 11) is 0. The lowest BCUT2D eigenvalue weighted by Gasteiger charge is -2.08. The van der Waals surface area contributed by atoms with E-state index in [1.807, 2.05) is 0 Å². The SMILES string of the molecule is O=C(O)c1c(-c2ccc(OC(F)F)cc2)csc1NC(=O)C(F)(F)F. The number of benzene rings is 1. The Bertz CT molecular complexity index is 786. The molecule has 0 spiro atoms. The van der Waals surface area contributed by atoms with E-state index in [0.29, 0.717) is 11.3 Å². The molecule has 134 valence electrons. The molecule has 0 fully saturated rings. The third-order valence-corrected chi connectivity index (χ3v) is 3.78. The lowest BCUT2D eigenvalue weighted by Crippen LogP contribution is -2.30. The molecule has 1 aromatic heterocycles. The van der Waals surface area contributed by atoms with Crippen molar-refractivity contribution in [3.05, 3.63) is 35.2 Å². The molecule has 1 heterocycles. The number of ether oxygens (including phenoxy) is 1. The van der Waals surface area contributed by atoms with Crippen molar-refractivity contribution >= 4 is 28.2 Å². The van der Waals surface area contributed by atoms with Gasteiger partial charge in [-0.25, -0.2) is 4.79 Å². The maximum absolute atomic E-state index is 12.3. The molecule has 0 saturated carbocycles. The Kier molecular flexibility index (Phi) is 5.26. The van der Waals surface area contributed by atoms with Gasteiger partial charge in [0.05, 0.1) is 0 Å². The van der Waals surface area contributed by atoms with Crippen molar-refractivity contribution in [2.45, 2.75) is 12.8 Å². The van der Waals surface area contributed by atoms with Gasteiger partial charge in [-0.1, -0.05) is 12.1 Å². The molecule has 0 aliphatic carbocycles. The van der Waals surface area contributed by atoms with E-state index in [-0.39, 0.29) is 16.9 Å². The molecular formula is C14H8F5NO4S. The number of anilines is 1. The molecule has 0 unspecified atom stereocenters. The zero-order chi connectivity index (χ0) is 18.8. The second-order valence-corrected chi connectivity index (χ2v) is 5.39. The number of alkyl halides is 5. The number of aromatic carboxylic acids is 1. The molecule has 2 N–H and O–H groups in total. The van der Waals surface area contributed by atoms with E-state index in [0.717, 1.165) is 12.1 Å². The van der Waals surface area contributed by atoms with E-state index in [9.17, 15) is 36.6 Å². The van der Waals surface area contributed by atoms with Gasteiger partial charge in [-0.15, -0.1) is 11.3 Å². The number of carboxylic acid groups (broad SMARTS) is 1. The van der Waals surface area contributed by atoms with Gasteiger partial charge in [-0.05, 0) is 17.7 Å². The normalized spacial score (nSPS) is 11.4. The van der Waals surface area contributed by atoms with E-state index in [1.165, 1.54) is 22.8 Å². The van der Waals surface area contributed by atoms with Gasteiger partial charge < -0.3 is 15.2 Å². The number of amides is 1. The first-order chi connectivity index (χ1) is 11.6. The fourth-order valence-corrected chi connectivity index (χ4v) is 2.82. The summed E-state index contributed by atoms with van der Waals surface area (Å²) < 4.78 is 65.3. The zero-order valence-electron chi connectivity index (χ0n) is 11.9. The smallest absolute Gasteiger partial charge is 0.471 e. The Morgan fingerprint density at radius 2 is 1.76 bits per heavy atom. The summed E-state index contributed by atoms with van der Waals surface area (Å²) in [5, 5.41) is 11.5. The maximum atomic E-state index is 12.3. The molecule has 2 aromatic rings. The van der Waals surface area contributed by atoms with Crippen molar-refractivity contribution in [1.29, 1.82) is 0 Å². The quantitative estimate of drug-likeness (QED) is 0.761. The Balaban J connectivity index is 2.36. The van der Waals surface area contributed by atoms with Gasteiger partial charge in [-0.2, -0.15) is 22.0 Å². The first-order valence-electron chi connectivity index (χ1n) is 6.37. The first-order valence-corrected chi connectivity index (χ1v) is 7.25. The molecule has 5 nitrogen and oxygen atoms in total. The van der Waals surface area contributed by atoms with Crippen LogP contribution in [0.25, 0.3) is 11.1 Å². The van der Waals surface area contributed by atoms with Crippen LogP contribution in [-0.2, 0) is 4.79 Å². The third kappa shape index (κ3) is 4.44. The number of hydrogen-bond acceptors (Lipinski definition) is 4. The van der Waals surface area contributed by atoms with Gasteiger partial charge in [0.2, 0.25) is 0 Å². The molecule has 11 heteroatoms. The van der Waals surface area contributed by atoms with Crippen molar-refractivity contribution in [2.75, 3.05) is 5.32 Å². The fourth-order valence-electron chi connectivity index (χ4n) is 1.86. The number of nitrogens with one attached hydrogen (secondary N) is 1. The molecule has 0 radical (unpaired) electrons. The van der Waals surface area contributed by atoms with Crippen molar-refractivity contribution in [3.8, 4) is 16.9 Å². The van der Waals surface area contributed by atoms with Crippen molar-refractivity contribution < 1.29 is 41.4 Å². The van der Waals surface area contributed by atoms with Gasteiger partial charge in [0.15, 0.2) is 0 Å². The Morgan fingerprint density at radius 3 is 2.24 bits per heavy atom. The predicted octanol–water partition coefficient (Wildman–Crippen LogP) is 4.22. The Morgan fingerprint density at radius 1 is 1.16 bits per heavy atom. The summed E-state index contributed by atoms with van der Waals surface area (Å²) in [6, 6.07) is 4.83. The highest BCUT2D eigenvalue weighted by atomic mass is 32.1. The summed E-state index contributed by atoms with van der Waals surface area (Å²) in [5.41, 5.74) is -0.272. The van der Waals surface area contributed by atoms with Crippen LogP contribution in [0.15, 0.2) is 29.6 Å². The molecule has 1 aromatic carbocycles. The van der Waals surface area contributed by atoms with E-state index in [4.69, 9.17) is 0 Å². The van der Waals surface area contributed by atoms with Gasteiger partial charge in [0.1, 0.15) is 16.3 Å². The molecule has 0 saturated heterocycles. The second kappa shape index (κ2) is 7.05. The van der Waals surface area contributed by atoms with E-state index >= 15 is 0 Å². The van der Waals surface area contributed by atoms with Crippen molar-refractivity contribution in [1.82, 2.24) is 0 Å². The van der Waals surface area contributed by atoms with E-state index in [2.05, 4.69) is 4.74 Å². The highest BCUT2D eigenvalue weighted by Gasteiger charge is 2.39. The summed E-state index contributed by atoms with van der Waals surface area (Å²) in [6.45, 7) is -3.04. The van der Waals surface area contributed by atoms with Crippen LogP contribution in [0.3, 0.4) is 0 Å². The number of thiophene rings is 1. The number of carboxylic acids is 1. The third-order valence-electron chi connectivity index (χ3n) is 2.88. The van der Waals surface area contributed by atoms with Gasteiger partial charge in [-0.3, -0.25) is 4.79 Å². The standard InChI is InChI=1S/C14H8F5NO4S/c15-13(16)24-7-3-1-6(2-4-7)8-5-25-10(9(8)11(21)22)20-12(23)14(17,18)19/h1-5,13H,(H,20,23)(H,21,22). The monoisotopic (exact) mass is 381 g/mol. The summed E-state index contributed by atoms with van der Waals surface area (Å²) in [6.07, 6.45) is -5.17. The molecule has 0 aliphatic heterocycles. The van der Waals surface area contributed by atoms with Crippen LogP contribution in [0.4, 0.5) is 27.0 Å². The van der Waals surface area contributed by atoms with E-state index < -0.39 is 35.2 Å². The number of carbonyl (C=O) groups excluding carboxylic acids is 1. The lowest BCUT2D eigenvalue weighted by molar-refractivity contribution is -0.167. The minimum Gasteiger partial charge on any atom is -0.478 e. The van der Waals surface area contributed by atoms with Crippen LogP contribution in [0, 0.1) is 0 Å². The highest BCUT2D eigenvalue weighted by Crippen LogP contribution is 2.37. The average molecular weight is 381 g/mol. The molecule has 0 atom stereocenters. The number of rotatable bonds is 5. The van der Waals surface area contributed by atoms with Crippen LogP contribution in [0.1, 0.15) is 10.4 Å². The molecule has 0 aliphatic rings. The van der Waals surface area contributed by atoms with Crippen LogP contribution in [0.5, 0.6) is 5.75 Å². The number of hydrogen-bond donors (Lipinski definition) is 2. The summed E-state index contributed by atoms with van der Waals surface area (Å²) in [4.78, 5) is 22.4. The van der Waals surface area contributed by atoms with Crippen molar-refractivity contribution in [2.24, 2.45) is 0 Å². The first kappa shape index (κ1) is 18.6. The maximum Gasteiger partial charge on any atom is 0.471 e. The topological polar surface area (TPSA) is 75.6 Å². The van der Waals surface area contributed by atoms with Crippen LogP contribution < -0.4 is 10.1 Å². The predicted molar refractivity (Wildman–Crippen MR) is 78.0 cm³/mol. The highest BCUT2D eigenvalue weighted by molar-refractivity contribution is 7.15. The number of carbonyl (C=O) groups is 2. The minimum atomic E-state index is -5.17. The molecule has 1 amide bonds. The van der Waals surface area contributed by atoms with Crippen LogP contribution >= 0.6 is 11.3 Å².